The molecular formula is C15H16FNO. The van der Waals surface area contributed by atoms with Crippen LogP contribution < -0.4 is 0 Å². The Morgan fingerprint density at radius 1 is 1.28 bits per heavy atom. The van der Waals surface area contributed by atoms with Gasteiger partial charge in [-0.1, -0.05) is 13.0 Å². The lowest BCUT2D eigenvalue weighted by molar-refractivity contribution is 0.218. The van der Waals surface area contributed by atoms with Crippen LogP contribution in [0.2, 0.25) is 0 Å². The molecule has 0 aliphatic rings. The molecule has 1 aromatic heterocycles. The molecule has 1 atom stereocenters. The first kappa shape index (κ1) is 12.7. The van der Waals surface area contributed by atoms with Gasteiger partial charge in [0.15, 0.2) is 0 Å². The molecule has 0 saturated heterocycles. The molecule has 1 aromatic carbocycles. The Morgan fingerprint density at radius 3 is 2.72 bits per heavy atom. The third kappa shape index (κ3) is 2.41. The number of aliphatic hydroxyl groups is 1. The van der Waals surface area contributed by atoms with E-state index in [1.807, 2.05) is 13.0 Å². The largest absolute Gasteiger partial charge is 0.384 e. The average Bonchev–Trinajstić information content (AvgIpc) is 2.38. The number of nitrogens with zero attached hydrogens (tertiary/aromatic N) is 1. The van der Waals surface area contributed by atoms with Crippen LogP contribution in [0.4, 0.5) is 4.39 Å². The smallest absolute Gasteiger partial charge is 0.123 e. The van der Waals surface area contributed by atoms with Crippen LogP contribution in [-0.2, 0) is 6.42 Å². The van der Waals surface area contributed by atoms with Gasteiger partial charge in [-0.3, -0.25) is 4.98 Å². The van der Waals surface area contributed by atoms with Crippen LogP contribution in [0.15, 0.2) is 36.7 Å². The van der Waals surface area contributed by atoms with Crippen molar-refractivity contribution >= 4 is 0 Å². The number of aliphatic hydroxyl groups excluding tert-OH is 1. The lowest BCUT2D eigenvalue weighted by atomic mass is 9.94. The van der Waals surface area contributed by atoms with Gasteiger partial charge in [0, 0.05) is 12.4 Å². The summed E-state index contributed by atoms with van der Waals surface area (Å²) < 4.78 is 13.1. The van der Waals surface area contributed by atoms with Gasteiger partial charge >= 0.3 is 0 Å². The van der Waals surface area contributed by atoms with E-state index in [2.05, 4.69) is 4.98 Å². The second-order valence-corrected chi connectivity index (χ2v) is 4.33. The first-order valence-electron chi connectivity index (χ1n) is 6.00. The molecule has 2 aromatic rings. The summed E-state index contributed by atoms with van der Waals surface area (Å²) in [7, 11) is 0. The molecule has 94 valence electrons. The second-order valence-electron chi connectivity index (χ2n) is 4.33. The summed E-state index contributed by atoms with van der Waals surface area (Å²) in [5, 5.41) is 10.4. The Morgan fingerprint density at radius 2 is 2.06 bits per heavy atom. The maximum Gasteiger partial charge on any atom is 0.123 e. The normalized spacial score (nSPS) is 12.4. The molecule has 0 aliphatic heterocycles. The quantitative estimate of drug-likeness (QED) is 0.901. The minimum atomic E-state index is -0.733. The zero-order valence-electron chi connectivity index (χ0n) is 10.5. The SMILES string of the molecule is CCc1cnccc1C(O)c1ccc(F)cc1C. The van der Waals surface area contributed by atoms with Crippen LogP contribution in [0.1, 0.15) is 35.3 Å². The fourth-order valence-corrected chi connectivity index (χ4v) is 2.11. The van der Waals surface area contributed by atoms with Crippen molar-refractivity contribution in [3.8, 4) is 0 Å². The van der Waals surface area contributed by atoms with Gasteiger partial charge < -0.3 is 5.11 Å². The van der Waals surface area contributed by atoms with E-state index in [4.69, 9.17) is 0 Å². The zero-order valence-corrected chi connectivity index (χ0v) is 10.5. The van der Waals surface area contributed by atoms with Gasteiger partial charge in [-0.05, 0) is 53.8 Å². The summed E-state index contributed by atoms with van der Waals surface area (Å²) in [4.78, 5) is 4.06. The number of halogens is 1. The third-order valence-corrected chi connectivity index (χ3v) is 3.14. The van der Waals surface area contributed by atoms with Crippen molar-refractivity contribution < 1.29 is 9.50 Å². The summed E-state index contributed by atoms with van der Waals surface area (Å²) in [6.45, 7) is 3.82. The molecule has 0 aliphatic carbocycles. The maximum absolute atomic E-state index is 13.1. The number of aromatic nitrogens is 1. The van der Waals surface area contributed by atoms with Crippen LogP contribution in [-0.4, -0.2) is 10.1 Å². The number of hydrogen-bond donors (Lipinski definition) is 1. The highest BCUT2D eigenvalue weighted by atomic mass is 19.1. The van der Waals surface area contributed by atoms with Crippen molar-refractivity contribution in [2.45, 2.75) is 26.4 Å². The van der Waals surface area contributed by atoms with E-state index in [-0.39, 0.29) is 5.82 Å². The summed E-state index contributed by atoms with van der Waals surface area (Å²) in [6, 6.07) is 6.26. The highest BCUT2D eigenvalue weighted by Gasteiger charge is 2.16. The molecule has 1 unspecified atom stereocenters. The number of pyridine rings is 1. The topological polar surface area (TPSA) is 33.1 Å². The molecule has 0 saturated carbocycles. The van der Waals surface area contributed by atoms with Crippen molar-refractivity contribution in [3.05, 3.63) is 64.7 Å². The van der Waals surface area contributed by atoms with Gasteiger partial charge in [0.1, 0.15) is 11.9 Å². The molecule has 3 heteroatoms. The van der Waals surface area contributed by atoms with Crippen LogP contribution >= 0.6 is 0 Å². The lowest BCUT2D eigenvalue weighted by Gasteiger charge is -2.16. The minimum Gasteiger partial charge on any atom is -0.384 e. The molecule has 0 bridgehead atoms. The summed E-state index contributed by atoms with van der Waals surface area (Å²) in [5.41, 5.74) is 3.33. The van der Waals surface area contributed by atoms with Crippen LogP contribution in [0.5, 0.6) is 0 Å². The second kappa shape index (κ2) is 5.27. The predicted octanol–water partition coefficient (Wildman–Crippen LogP) is 3.17. The van der Waals surface area contributed by atoms with Crippen LogP contribution in [0.25, 0.3) is 0 Å². The van der Waals surface area contributed by atoms with E-state index in [1.54, 1.807) is 25.4 Å². The number of hydrogen-bond acceptors (Lipinski definition) is 2. The van der Waals surface area contributed by atoms with Crippen LogP contribution in [0, 0.1) is 12.7 Å². The van der Waals surface area contributed by atoms with E-state index in [1.165, 1.54) is 12.1 Å². The first-order valence-corrected chi connectivity index (χ1v) is 6.00. The molecule has 0 fully saturated rings. The van der Waals surface area contributed by atoms with Crippen molar-refractivity contribution in [1.29, 1.82) is 0 Å². The van der Waals surface area contributed by atoms with Crippen molar-refractivity contribution in [2.75, 3.05) is 0 Å². The molecule has 0 radical (unpaired) electrons. The lowest BCUT2D eigenvalue weighted by Crippen LogP contribution is -2.06. The number of rotatable bonds is 3. The Bertz CT molecular complexity index is 554. The van der Waals surface area contributed by atoms with Gasteiger partial charge in [0.2, 0.25) is 0 Å². The Balaban J connectivity index is 2.44. The van der Waals surface area contributed by atoms with Gasteiger partial charge in [0.25, 0.3) is 0 Å². The molecule has 1 N–H and O–H groups in total. The highest BCUT2D eigenvalue weighted by molar-refractivity contribution is 5.38. The van der Waals surface area contributed by atoms with Gasteiger partial charge in [-0.25, -0.2) is 4.39 Å². The van der Waals surface area contributed by atoms with E-state index < -0.39 is 6.10 Å². The molecular weight excluding hydrogens is 229 g/mol. The predicted molar refractivity (Wildman–Crippen MR) is 68.8 cm³/mol. The molecule has 1 heterocycles. The first-order chi connectivity index (χ1) is 8.63. The maximum atomic E-state index is 13.1. The zero-order chi connectivity index (χ0) is 13.1. The summed E-state index contributed by atoms with van der Waals surface area (Å²) >= 11 is 0. The third-order valence-electron chi connectivity index (χ3n) is 3.14. The standard InChI is InChI=1S/C15H16FNO/c1-3-11-9-17-7-6-14(11)15(18)13-5-4-12(16)8-10(13)2/h4-9,15,18H,3H2,1-2H3. The molecule has 2 nitrogen and oxygen atoms in total. The fourth-order valence-electron chi connectivity index (χ4n) is 2.11. The Labute approximate surface area is 106 Å². The summed E-state index contributed by atoms with van der Waals surface area (Å²) in [5.74, 6) is -0.283. The van der Waals surface area contributed by atoms with Gasteiger partial charge in [-0.2, -0.15) is 0 Å². The fraction of sp³-hybridized carbons (Fsp3) is 0.267. The molecule has 0 amide bonds. The summed E-state index contributed by atoms with van der Waals surface area (Å²) in [6.07, 6.45) is 3.50. The molecule has 2 rings (SSSR count). The monoisotopic (exact) mass is 245 g/mol. The molecule has 0 spiro atoms. The van der Waals surface area contributed by atoms with E-state index >= 15 is 0 Å². The van der Waals surface area contributed by atoms with Gasteiger partial charge in [0.05, 0.1) is 0 Å². The van der Waals surface area contributed by atoms with Crippen molar-refractivity contribution in [1.82, 2.24) is 4.98 Å². The van der Waals surface area contributed by atoms with Crippen LogP contribution in [0.3, 0.4) is 0 Å². The Hall–Kier alpha value is -1.74. The highest BCUT2D eigenvalue weighted by Crippen LogP contribution is 2.27. The van der Waals surface area contributed by atoms with E-state index in [0.717, 1.165) is 28.7 Å². The number of benzene rings is 1. The van der Waals surface area contributed by atoms with E-state index in [9.17, 15) is 9.50 Å². The number of aryl methyl sites for hydroxylation is 2. The van der Waals surface area contributed by atoms with E-state index in [0.29, 0.717) is 0 Å². The van der Waals surface area contributed by atoms with Crippen molar-refractivity contribution in [3.63, 3.8) is 0 Å². The van der Waals surface area contributed by atoms with Gasteiger partial charge in [-0.15, -0.1) is 0 Å². The average molecular weight is 245 g/mol. The Kier molecular flexibility index (Phi) is 3.72. The van der Waals surface area contributed by atoms with Crippen molar-refractivity contribution in [2.24, 2.45) is 0 Å². The molecule has 18 heavy (non-hydrogen) atoms. The minimum absolute atomic E-state index is 0.283.